The van der Waals surface area contributed by atoms with Gasteiger partial charge in [0.25, 0.3) is 0 Å². The molecule has 2 atom stereocenters. The highest BCUT2D eigenvalue weighted by Crippen LogP contribution is 2.39. The van der Waals surface area contributed by atoms with E-state index in [9.17, 15) is 0 Å². The van der Waals surface area contributed by atoms with Crippen LogP contribution in [0, 0.1) is 0 Å². The van der Waals surface area contributed by atoms with E-state index in [4.69, 9.17) is 4.74 Å². The van der Waals surface area contributed by atoms with Gasteiger partial charge in [0.2, 0.25) is 0 Å². The molecule has 0 N–H and O–H groups in total. The Morgan fingerprint density at radius 1 is 1.38 bits per heavy atom. The molecule has 1 aliphatic carbocycles. The summed E-state index contributed by atoms with van der Waals surface area (Å²) < 4.78 is 5.62. The molecule has 0 spiro atoms. The lowest BCUT2D eigenvalue weighted by molar-refractivity contribution is 0.204. The summed E-state index contributed by atoms with van der Waals surface area (Å²) in [5.41, 5.74) is 2.75. The first-order chi connectivity index (χ1) is 6.34. The van der Waals surface area contributed by atoms with Gasteiger partial charge in [-0.15, -0.1) is 0 Å². The van der Waals surface area contributed by atoms with Gasteiger partial charge >= 0.3 is 0 Å². The highest BCUT2D eigenvalue weighted by molar-refractivity contribution is 5.76. The average Bonchev–Trinajstić information content (AvgIpc) is 2.60. The molecule has 0 saturated heterocycles. The van der Waals surface area contributed by atoms with Crippen molar-refractivity contribution in [1.29, 1.82) is 0 Å². The van der Waals surface area contributed by atoms with E-state index in [1.54, 1.807) is 0 Å². The number of hydrogen-bond donors (Lipinski definition) is 0. The van der Waals surface area contributed by atoms with Crippen molar-refractivity contribution in [2.75, 3.05) is 0 Å². The van der Waals surface area contributed by atoms with Crippen LogP contribution in [0.2, 0.25) is 0 Å². The molecule has 2 unspecified atom stereocenters. The van der Waals surface area contributed by atoms with E-state index in [-0.39, 0.29) is 12.1 Å². The van der Waals surface area contributed by atoms with Crippen LogP contribution < -0.4 is 0 Å². The summed E-state index contributed by atoms with van der Waals surface area (Å²) in [4.78, 5) is 4.49. The van der Waals surface area contributed by atoms with E-state index >= 15 is 0 Å². The summed E-state index contributed by atoms with van der Waals surface area (Å²) in [7, 11) is 0. The van der Waals surface area contributed by atoms with E-state index in [1.807, 2.05) is 6.92 Å². The van der Waals surface area contributed by atoms with E-state index < -0.39 is 0 Å². The molecule has 1 aromatic carbocycles. The zero-order valence-electron chi connectivity index (χ0n) is 7.53. The smallest absolute Gasteiger partial charge is 0.181 e. The lowest BCUT2D eigenvalue weighted by atomic mass is 10.1. The Morgan fingerprint density at radius 3 is 3.15 bits per heavy atom. The minimum atomic E-state index is 0.274. The summed E-state index contributed by atoms with van der Waals surface area (Å²) in [6.07, 6.45) is 1.29. The summed E-state index contributed by atoms with van der Waals surface area (Å²) in [6, 6.07) is 8.75. The third-order valence-corrected chi connectivity index (χ3v) is 2.79. The maximum Gasteiger partial charge on any atom is 0.181 e. The van der Waals surface area contributed by atoms with Gasteiger partial charge in [0.05, 0.1) is 0 Å². The molecule has 0 radical (unpaired) electrons. The maximum absolute atomic E-state index is 5.62. The molecule has 2 aliphatic rings. The van der Waals surface area contributed by atoms with Gasteiger partial charge < -0.3 is 4.74 Å². The molecule has 13 heavy (non-hydrogen) atoms. The van der Waals surface area contributed by atoms with Gasteiger partial charge in [-0.05, 0) is 11.1 Å². The molecule has 3 rings (SSSR count). The maximum atomic E-state index is 5.62. The van der Waals surface area contributed by atoms with Crippen molar-refractivity contribution in [3.8, 4) is 0 Å². The van der Waals surface area contributed by atoms with Gasteiger partial charge in [0, 0.05) is 13.3 Å². The second-order valence-electron chi connectivity index (χ2n) is 3.65. The van der Waals surface area contributed by atoms with E-state index in [2.05, 4.69) is 29.3 Å². The molecule has 2 nitrogen and oxygen atoms in total. The third kappa shape index (κ3) is 0.916. The van der Waals surface area contributed by atoms with Gasteiger partial charge in [-0.2, -0.15) is 0 Å². The second-order valence-corrected chi connectivity index (χ2v) is 3.65. The highest BCUT2D eigenvalue weighted by Gasteiger charge is 2.37. The van der Waals surface area contributed by atoms with Crippen molar-refractivity contribution in [2.45, 2.75) is 25.5 Å². The fourth-order valence-corrected chi connectivity index (χ4v) is 2.24. The lowest BCUT2D eigenvalue weighted by Crippen LogP contribution is -2.11. The van der Waals surface area contributed by atoms with Gasteiger partial charge in [0.1, 0.15) is 12.1 Å². The quantitative estimate of drug-likeness (QED) is 0.588. The molecule has 66 valence electrons. The molecular weight excluding hydrogens is 162 g/mol. The zero-order valence-corrected chi connectivity index (χ0v) is 7.53. The third-order valence-electron chi connectivity index (χ3n) is 2.79. The number of ether oxygens (including phenoxy) is 1. The van der Waals surface area contributed by atoms with Crippen molar-refractivity contribution < 1.29 is 4.74 Å². The van der Waals surface area contributed by atoms with Crippen molar-refractivity contribution in [1.82, 2.24) is 0 Å². The summed E-state index contributed by atoms with van der Waals surface area (Å²) in [6.45, 7) is 1.93. The SMILES string of the molecule is CC1=NC2c3ccccc3CC2O1. The first kappa shape index (κ1) is 7.13. The Labute approximate surface area is 77.3 Å². The molecular formula is C11H11NO. The van der Waals surface area contributed by atoms with Gasteiger partial charge in [-0.25, -0.2) is 4.99 Å². The Morgan fingerprint density at radius 2 is 2.23 bits per heavy atom. The molecule has 0 bridgehead atoms. The van der Waals surface area contributed by atoms with E-state index in [0.29, 0.717) is 0 Å². The van der Waals surface area contributed by atoms with Crippen LogP contribution in [-0.4, -0.2) is 12.0 Å². The van der Waals surface area contributed by atoms with Crippen LogP contribution in [0.15, 0.2) is 29.3 Å². The van der Waals surface area contributed by atoms with Gasteiger partial charge in [-0.1, -0.05) is 24.3 Å². The van der Waals surface area contributed by atoms with Crippen molar-refractivity contribution in [3.05, 3.63) is 35.4 Å². The predicted octanol–water partition coefficient (Wildman–Crippen LogP) is 2.10. The Kier molecular flexibility index (Phi) is 1.29. The molecule has 0 fully saturated rings. The second kappa shape index (κ2) is 2.34. The molecule has 2 heteroatoms. The van der Waals surface area contributed by atoms with Crippen molar-refractivity contribution in [3.63, 3.8) is 0 Å². The molecule has 0 saturated carbocycles. The normalized spacial score (nSPS) is 29.2. The fraction of sp³-hybridized carbons (Fsp3) is 0.364. The van der Waals surface area contributed by atoms with E-state index in [0.717, 1.165) is 12.3 Å². The first-order valence-corrected chi connectivity index (χ1v) is 4.63. The van der Waals surface area contributed by atoms with Gasteiger partial charge in [-0.3, -0.25) is 0 Å². The summed E-state index contributed by atoms with van der Waals surface area (Å²) >= 11 is 0. The predicted molar refractivity (Wildman–Crippen MR) is 50.9 cm³/mol. The summed E-state index contributed by atoms with van der Waals surface area (Å²) in [5.74, 6) is 0.838. The monoisotopic (exact) mass is 173 g/mol. The largest absolute Gasteiger partial charge is 0.475 e. The zero-order chi connectivity index (χ0) is 8.84. The number of fused-ring (bicyclic) bond motifs is 3. The highest BCUT2D eigenvalue weighted by atomic mass is 16.5. The van der Waals surface area contributed by atoms with Crippen LogP contribution in [0.5, 0.6) is 0 Å². The van der Waals surface area contributed by atoms with Crippen molar-refractivity contribution in [2.24, 2.45) is 4.99 Å². The van der Waals surface area contributed by atoms with Crippen LogP contribution in [0.4, 0.5) is 0 Å². The first-order valence-electron chi connectivity index (χ1n) is 4.63. The fourth-order valence-electron chi connectivity index (χ4n) is 2.24. The van der Waals surface area contributed by atoms with Crippen LogP contribution in [0.1, 0.15) is 24.1 Å². The Hall–Kier alpha value is -1.31. The standard InChI is InChI=1S/C11H11NO/c1-7-12-11-9-5-3-2-4-8(9)6-10(11)13-7/h2-5,10-11H,6H2,1H3. The van der Waals surface area contributed by atoms with E-state index in [1.165, 1.54) is 11.1 Å². The van der Waals surface area contributed by atoms with Crippen LogP contribution in [0.3, 0.4) is 0 Å². The molecule has 1 aliphatic heterocycles. The van der Waals surface area contributed by atoms with Gasteiger partial charge in [0.15, 0.2) is 5.90 Å². The molecule has 0 amide bonds. The number of nitrogens with zero attached hydrogens (tertiary/aromatic N) is 1. The lowest BCUT2D eigenvalue weighted by Gasteiger charge is -2.06. The van der Waals surface area contributed by atoms with Crippen LogP contribution >= 0.6 is 0 Å². The summed E-state index contributed by atoms with van der Waals surface area (Å²) in [5, 5.41) is 0. The minimum Gasteiger partial charge on any atom is -0.475 e. The molecule has 0 aromatic heterocycles. The van der Waals surface area contributed by atoms with Crippen LogP contribution in [-0.2, 0) is 11.2 Å². The Balaban J connectivity index is 2.10. The average molecular weight is 173 g/mol. The number of aliphatic imine (C=N–C) groups is 1. The Bertz CT molecular complexity index is 383. The van der Waals surface area contributed by atoms with Crippen molar-refractivity contribution >= 4 is 5.90 Å². The minimum absolute atomic E-state index is 0.274. The van der Waals surface area contributed by atoms with Crippen LogP contribution in [0.25, 0.3) is 0 Å². The number of benzene rings is 1. The topological polar surface area (TPSA) is 21.6 Å². The molecule has 1 heterocycles. The number of hydrogen-bond acceptors (Lipinski definition) is 2. The number of rotatable bonds is 0. The molecule has 1 aromatic rings.